The van der Waals surface area contributed by atoms with Crippen LogP contribution < -0.4 is 10.6 Å². The van der Waals surface area contributed by atoms with Crippen LogP contribution in [0.1, 0.15) is 32.8 Å². The SMILES string of the molecule is CC(C)(C)N1CC(C(=O)NCCNC(=O)OCc2ccccc2)CC1=O. The van der Waals surface area contributed by atoms with Gasteiger partial charge in [0.1, 0.15) is 6.61 Å². The zero-order chi connectivity index (χ0) is 19.2. The molecule has 0 aliphatic carbocycles. The van der Waals surface area contributed by atoms with Crippen LogP contribution in [0.25, 0.3) is 0 Å². The lowest BCUT2D eigenvalue weighted by molar-refractivity contribution is -0.132. The molecule has 0 radical (unpaired) electrons. The molecule has 1 saturated heterocycles. The second-order valence-corrected chi connectivity index (χ2v) is 7.36. The molecule has 1 heterocycles. The largest absolute Gasteiger partial charge is 0.445 e. The second-order valence-electron chi connectivity index (χ2n) is 7.36. The van der Waals surface area contributed by atoms with Gasteiger partial charge in [-0.25, -0.2) is 4.79 Å². The molecule has 7 nitrogen and oxygen atoms in total. The average Bonchev–Trinajstić information content (AvgIpc) is 3.00. The molecule has 142 valence electrons. The number of alkyl carbamates (subject to hydrolysis) is 1. The summed E-state index contributed by atoms with van der Waals surface area (Å²) in [5, 5.41) is 5.35. The zero-order valence-corrected chi connectivity index (χ0v) is 15.6. The number of nitrogens with one attached hydrogen (secondary N) is 2. The number of ether oxygens (including phenoxy) is 1. The number of hydrogen-bond acceptors (Lipinski definition) is 4. The quantitative estimate of drug-likeness (QED) is 0.755. The summed E-state index contributed by atoms with van der Waals surface area (Å²) in [6, 6.07) is 9.39. The first-order chi connectivity index (χ1) is 12.3. The van der Waals surface area contributed by atoms with Gasteiger partial charge < -0.3 is 20.3 Å². The number of amides is 3. The molecule has 0 spiro atoms. The van der Waals surface area contributed by atoms with E-state index in [2.05, 4.69) is 10.6 Å². The van der Waals surface area contributed by atoms with Crippen LogP contribution in [-0.4, -0.2) is 48.0 Å². The summed E-state index contributed by atoms with van der Waals surface area (Å²) in [6.45, 7) is 7.05. The number of hydrogen-bond donors (Lipinski definition) is 2. The van der Waals surface area contributed by atoms with Gasteiger partial charge in [-0.3, -0.25) is 9.59 Å². The van der Waals surface area contributed by atoms with E-state index in [1.807, 2.05) is 51.1 Å². The van der Waals surface area contributed by atoms with Gasteiger partial charge >= 0.3 is 6.09 Å². The molecule has 2 N–H and O–H groups in total. The van der Waals surface area contributed by atoms with Gasteiger partial charge in [0.2, 0.25) is 11.8 Å². The molecule has 1 atom stereocenters. The number of carbonyl (C=O) groups is 3. The minimum atomic E-state index is -0.530. The Bertz CT molecular complexity index is 640. The van der Waals surface area contributed by atoms with Crippen LogP contribution in [0.15, 0.2) is 30.3 Å². The first kappa shape index (κ1) is 19.8. The van der Waals surface area contributed by atoms with E-state index in [1.165, 1.54) is 0 Å². The molecule has 1 aromatic rings. The van der Waals surface area contributed by atoms with Gasteiger partial charge in [-0.1, -0.05) is 30.3 Å². The van der Waals surface area contributed by atoms with E-state index in [0.29, 0.717) is 13.1 Å². The van der Waals surface area contributed by atoms with E-state index in [1.54, 1.807) is 4.90 Å². The van der Waals surface area contributed by atoms with Crippen molar-refractivity contribution in [3.63, 3.8) is 0 Å². The van der Waals surface area contributed by atoms with E-state index >= 15 is 0 Å². The van der Waals surface area contributed by atoms with Crippen LogP contribution >= 0.6 is 0 Å². The smallest absolute Gasteiger partial charge is 0.407 e. The number of nitrogens with zero attached hydrogens (tertiary/aromatic N) is 1. The van der Waals surface area contributed by atoms with E-state index in [-0.39, 0.29) is 42.8 Å². The summed E-state index contributed by atoms with van der Waals surface area (Å²) in [5.74, 6) is -0.503. The highest BCUT2D eigenvalue weighted by atomic mass is 16.5. The number of carbonyl (C=O) groups excluding carboxylic acids is 3. The minimum absolute atomic E-state index is 0.000245. The maximum atomic E-state index is 12.2. The van der Waals surface area contributed by atoms with Gasteiger partial charge in [0.15, 0.2) is 0 Å². The minimum Gasteiger partial charge on any atom is -0.445 e. The van der Waals surface area contributed by atoms with Gasteiger partial charge in [0, 0.05) is 31.6 Å². The van der Waals surface area contributed by atoms with Crippen LogP contribution in [0.4, 0.5) is 4.79 Å². The summed E-state index contributed by atoms with van der Waals surface area (Å²) in [5.41, 5.74) is 0.626. The molecule has 0 saturated carbocycles. The van der Waals surface area contributed by atoms with Gasteiger partial charge in [0.25, 0.3) is 0 Å². The third-order valence-corrected chi connectivity index (χ3v) is 4.21. The zero-order valence-electron chi connectivity index (χ0n) is 15.6. The molecule has 7 heteroatoms. The lowest BCUT2D eigenvalue weighted by Crippen LogP contribution is -2.43. The van der Waals surface area contributed by atoms with Gasteiger partial charge in [-0.05, 0) is 26.3 Å². The Labute approximate surface area is 154 Å². The summed E-state index contributed by atoms with van der Waals surface area (Å²) >= 11 is 0. The third kappa shape index (κ3) is 5.75. The molecule has 1 aromatic carbocycles. The summed E-state index contributed by atoms with van der Waals surface area (Å²) < 4.78 is 5.09. The van der Waals surface area contributed by atoms with Crippen molar-refractivity contribution in [2.75, 3.05) is 19.6 Å². The van der Waals surface area contributed by atoms with Gasteiger partial charge in [-0.2, -0.15) is 0 Å². The Morgan fingerprint density at radius 1 is 1.15 bits per heavy atom. The maximum absolute atomic E-state index is 12.2. The van der Waals surface area contributed by atoms with E-state index in [9.17, 15) is 14.4 Å². The first-order valence-electron chi connectivity index (χ1n) is 8.80. The maximum Gasteiger partial charge on any atom is 0.407 e. The number of rotatable bonds is 6. The molecule has 1 unspecified atom stereocenters. The van der Waals surface area contributed by atoms with Crippen LogP contribution in [-0.2, 0) is 20.9 Å². The molecule has 0 aromatic heterocycles. The van der Waals surface area contributed by atoms with Crippen molar-refractivity contribution < 1.29 is 19.1 Å². The van der Waals surface area contributed by atoms with E-state index in [4.69, 9.17) is 4.74 Å². The number of benzene rings is 1. The van der Waals surface area contributed by atoms with Crippen LogP contribution in [0, 0.1) is 5.92 Å². The first-order valence-corrected chi connectivity index (χ1v) is 8.80. The Balaban J connectivity index is 1.63. The van der Waals surface area contributed by atoms with Crippen molar-refractivity contribution in [2.45, 2.75) is 39.3 Å². The molecule has 1 fully saturated rings. The van der Waals surface area contributed by atoms with E-state index in [0.717, 1.165) is 5.56 Å². The molecule has 1 aliphatic rings. The van der Waals surface area contributed by atoms with Crippen molar-refractivity contribution in [2.24, 2.45) is 5.92 Å². The van der Waals surface area contributed by atoms with Crippen LogP contribution in [0.5, 0.6) is 0 Å². The fraction of sp³-hybridized carbons (Fsp3) is 0.526. The molecular formula is C19H27N3O4. The Kier molecular flexibility index (Phi) is 6.60. The highest BCUT2D eigenvalue weighted by molar-refractivity contribution is 5.89. The van der Waals surface area contributed by atoms with Crippen molar-refractivity contribution in [3.8, 4) is 0 Å². The molecule has 2 rings (SSSR count). The summed E-state index contributed by atoms with van der Waals surface area (Å²) in [6.07, 6.45) is -0.298. The fourth-order valence-electron chi connectivity index (χ4n) is 2.80. The monoisotopic (exact) mass is 361 g/mol. The Morgan fingerprint density at radius 2 is 1.81 bits per heavy atom. The molecule has 3 amide bonds. The second kappa shape index (κ2) is 8.69. The molecule has 26 heavy (non-hydrogen) atoms. The third-order valence-electron chi connectivity index (χ3n) is 4.21. The van der Waals surface area contributed by atoms with Crippen molar-refractivity contribution >= 4 is 17.9 Å². The summed E-state index contributed by atoms with van der Waals surface area (Å²) in [4.78, 5) is 37.6. The highest BCUT2D eigenvalue weighted by Gasteiger charge is 2.39. The predicted octanol–water partition coefficient (Wildman–Crippen LogP) is 1.68. The van der Waals surface area contributed by atoms with Crippen molar-refractivity contribution in [1.29, 1.82) is 0 Å². The lowest BCUT2D eigenvalue weighted by atomic mass is 10.1. The Hall–Kier alpha value is -2.57. The van der Waals surface area contributed by atoms with E-state index < -0.39 is 6.09 Å². The number of likely N-dealkylation sites (tertiary alicyclic amines) is 1. The van der Waals surface area contributed by atoms with Crippen molar-refractivity contribution in [3.05, 3.63) is 35.9 Å². The van der Waals surface area contributed by atoms with Gasteiger partial charge in [0.05, 0.1) is 5.92 Å². The average molecular weight is 361 g/mol. The molecule has 0 bridgehead atoms. The van der Waals surface area contributed by atoms with Crippen LogP contribution in [0.3, 0.4) is 0 Å². The predicted molar refractivity (Wildman–Crippen MR) is 97.2 cm³/mol. The Morgan fingerprint density at radius 3 is 2.42 bits per heavy atom. The van der Waals surface area contributed by atoms with Gasteiger partial charge in [-0.15, -0.1) is 0 Å². The van der Waals surface area contributed by atoms with Crippen molar-refractivity contribution in [1.82, 2.24) is 15.5 Å². The normalized spacial score (nSPS) is 17.1. The standard InChI is InChI=1S/C19H27N3O4/c1-19(2,3)22-12-15(11-16(22)23)17(24)20-9-10-21-18(25)26-13-14-7-5-4-6-8-14/h4-8,15H,9-13H2,1-3H3,(H,20,24)(H,21,25). The topological polar surface area (TPSA) is 87.7 Å². The molecular weight excluding hydrogens is 334 g/mol. The molecule has 1 aliphatic heterocycles. The lowest BCUT2D eigenvalue weighted by Gasteiger charge is -2.31. The summed E-state index contributed by atoms with van der Waals surface area (Å²) in [7, 11) is 0. The highest BCUT2D eigenvalue weighted by Crippen LogP contribution is 2.25. The fourth-order valence-corrected chi connectivity index (χ4v) is 2.80. The van der Waals surface area contributed by atoms with Crippen LogP contribution in [0.2, 0.25) is 0 Å².